The highest BCUT2D eigenvalue weighted by Crippen LogP contribution is 2.21. The molecule has 0 heterocycles. The van der Waals surface area contributed by atoms with Crippen LogP contribution < -0.4 is 9.19 Å². The molecule has 0 aliphatic carbocycles. The van der Waals surface area contributed by atoms with Crippen molar-refractivity contribution in [3.63, 3.8) is 0 Å². The summed E-state index contributed by atoms with van der Waals surface area (Å²) in [5.41, 5.74) is 1.44. The van der Waals surface area contributed by atoms with Crippen molar-refractivity contribution in [1.29, 1.82) is 0 Å². The summed E-state index contributed by atoms with van der Waals surface area (Å²) in [6.45, 7) is 10.3. The van der Waals surface area contributed by atoms with Crippen LogP contribution in [-0.2, 0) is 0 Å². The fourth-order valence-corrected chi connectivity index (χ4v) is 1.96. The molecule has 0 aliphatic rings. The lowest BCUT2D eigenvalue weighted by Crippen LogP contribution is -3.00. The third kappa shape index (κ3) is 2.32. The normalized spacial score (nSPS) is 10.8. The first-order valence-electron chi connectivity index (χ1n) is 5.20. The van der Waals surface area contributed by atoms with Crippen molar-refractivity contribution in [2.24, 2.45) is 0 Å². The minimum atomic E-state index is 0. The molecule has 1 nitrogen and oxygen atoms in total. The predicted molar refractivity (Wildman–Crippen MR) is 59.9 cm³/mol. The van der Waals surface area contributed by atoms with Gasteiger partial charge in [-0.1, -0.05) is 18.2 Å². The molecule has 0 N–H and O–H groups in total. The average Bonchev–Trinajstić information content (AvgIpc) is 2.23. The summed E-state index contributed by atoms with van der Waals surface area (Å²) in [5.74, 6) is 0. The highest BCUT2D eigenvalue weighted by molar-refractivity contribution is 5.42. The van der Waals surface area contributed by atoms with Gasteiger partial charge in [0.2, 0.25) is 0 Å². The molecule has 0 amide bonds. The summed E-state index contributed by atoms with van der Waals surface area (Å²) in [4.78, 5) is 0. The Hall–Kier alpha value is -0.890. The molecule has 0 fully saturated rings. The summed E-state index contributed by atoms with van der Waals surface area (Å²) < 4.78 is 1.10. The van der Waals surface area contributed by atoms with Gasteiger partial charge in [-0.3, -0.25) is 4.48 Å². The van der Waals surface area contributed by atoms with E-state index in [1.54, 1.807) is 0 Å². The highest BCUT2D eigenvalue weighted by atomic mass is 19.0. The summed E-state index contributed by atoms with van der Waals surface area (Å²) in [7, 11) is 0. The van der Waals surface area contributed by atoms with Gasteiger partial charge in [0.1, 0.15) is 5.69 Å². The molecule has 0 aromatic heterocycles. The van der Waals surface area contributed by atoms with E-state index in [0.717, 1.165) is 4.48 Å². The van der Waals surface area contributed by atoms with Gasteiger partial charge in [-0.15, -0.1) is 0 Å². The number of para-hydroxylation sites is 1. The number of quaternary nitrogens is 1. The molecule has 80 valence electrons. The van der Waals surface area contributed by atoms with Gasteiger partial charge in [-0.25, -0.2) is 0 Å². The second-order valence-corrected chi connectivity index (χ2v) is 3.43. The highest BCUT2D eigenvalue weighted by Gasteiger charge is 2.23. The van der Waals surface area contributed by atoms with Gasteiger partial charge in [-0.2, -0.15) is 0 Å². The van der Waals surface area contributed by atoms with Crippen molar-refractivity contribution in [3.8, 4) is 0 Å². The van der Waals surface area contributed by atoms with E-state index in [9.17, 15) is 0 Å². The Morgan fingerprint density at radius 2 is 1.29 bits per heavy atom. The molecular weight excluding hydrogens is 177 g/mol. The molecule has 0 aliphatic heterocycles. The van der Waals surface area contributed by atoms with Gasteiger partial charge in [0.05, 0.1) is 19.6 Å². The van der Waals surface area contributed by atoms with Gasteiger partial charge >= 0.3 is 0 Å². The third-order valence-corrected chi connectivity index (χ3v) is 3.12. The van der Waals surface area contributed by atoms with Crippen molar-refractivity contribution >= 4 is 5.69 Å². The zero-order chi connectivity index (χ0) is 9.73. The summed E-state index contributed by atoms with van der Waals surface area (Å²) in [6.07, 6.45) is 0. The third-order valence-electron chi connectivity index (χ3n) is 3.12. The van der Waals surface area contributed by atoms with Crippen LogP contribution >= 0.6 is 0 Å². The first-order valence-corrected chi connectivity index (χ1v) is 5.20. The van der Waals surface area contributed by atoms with Crippen LogP contribution in [0.1, 0.15) is 20.8 Å². The number of halogens is 1. The number of benzene rings is 1. The topological polar surface area (TPSA) is 0 Å². The second kappa shape index (κ2) is 5.76. The standard InChI is InChI=1S/C12H20N.FH/c1-4-13(5-2,6-3)12-10-8-7-9-11-12;/h7-11H,4-6H2,1-3H3;1H/q+1;/p-1. The molecule has 0 bridgehead atoms. The van der Waals surface area contributed by atoms with E-state index < -0.39 is 0 Å². The Morgan fingerprint density at radius 3 is 1.64 bits per heavy atom. The van der Waals surface area contributed by atoms with E-state index in [4.69, 9.17) is 0 Å². The van der Waals surface area contributed by atoms with Crippen molar-refractivity contribution in [3.05, 3.63) is 30.3 Å². The first-order chi connectivity index (χ1) is 6.29. The minimum Gasteiger partial charge on any atom is -1.00 e. The maximum Gasteiger partial charge on any atom is 0.132 e. The Balaban J connectivity index is 0.00000169. The van der Waals surface area contributed by atoms with Crippen molar-refractivity contribution < 1.29 is 4.70 Å². The van der Waals surface area contributed by atoms with Crippen LogP contribution in [0.3, 0.4) is 0 Å². The van der Waals surface area contributed by atoms with Crippen molar-refractivity contribution in [2.45, 2.75) is 20.8 Å². The van der Waals surface area contributed by atoms with E-state index >= 15 is 0 Å². The van der Waals surface area contributed by atoms with Crippen LogP contribution in [-0.4, -0.2) is 19.6 Å². The first kappa shape index (κ1) is 13.1. The molecule has 0 saturated heterocycles. The van der Waals surface area contributed by atoms with Gasteiger partial charge in [0.25, 0.3) is 0 Å². The summed E-state index contributed by atoms with van der Waals surface area (Å²) >= 11 is 0. The lowest BCUT2D eigenvalue weighted by Gasteiger charge is -2.35. The Morgan fingerprint density at radius 1 is 0.857 bits per heavy atom. The lowest BCUT2D eigenvalue weighted by atomic mass is 10.2. The predicted octanol–water partition coefficient (Wildman–Crippen LogP) is 0.0576. The fraction of sp³-hybridized carbons (Fsp3) is 0.500. The maximum absolute atomic E-state index is 2.26. The molecule has 0 saturated carbocycles. The van der Waals surface area contributed by atoms with Crippen LogP contribution in [0.25, 0.3) is 0 Å². The van der Waals surface area contributed by atoms with Gasteiger partial charge in [0, 0.05) is 0 Å². The maximum atomic E-state index is 2.26. The van der Waals surface area contributed by atoms with Crippen LogP contribution in [0.5, 0.6) is 0 Å². The largest absolute Gasteiger partial charge is 1.00 e. The minimum absolute atomic E-state index is 0. The zero-order valence-electron chi connectivity index (χ0n) is 9.33. The molecule has 0 atom stereocenters. The second-order valence-electron chi connectivity index (χ2n) is 3.43. The number of hydrogen-bond acceptors (Lipinski definition) is 0. The van der Waals surface area contributed by atoms with Crippen LogP contribution in [0.4, 0.5) is 5.69 Å². The number of nitrogens with zero attached hydrogens (tertiary/aromatic N) is 1. The SMILES string of the molecule is CC[N+](CC)(CC)c1ccccc1.[F-]. The molecule has 1 aromatic rings. The Kier molecular flexibility index (Phi) is 5.39. The van der Waals surface area contributed by atoms with E-state index in [1.807, 2.05) is 0 Å². The molecule has 1 rings (SSSR count). The Labute approximate surface area is 86.3 Å². The lowest BCUT2D eigenvalue weighted by molar-refractivity contribution is -0.00000284. The van der Waals surface area contributed by atoms with Crippen LogP contribution in [0.2, 0.25) is 0 Å². The molecular formula is C12H20FN. The van der Waals surface area contributed by atoms with Gasteiger partial charge in [-0.05, 0) is 32.9 Å². The molecule has 1 aromatic carbocycles. The van der Waals surface area contributed by atoms with E-state index in [-0.39, 0.29) is 4.70 Å². The quantitative estimate of drug-likeness (QED) is 0.599. The Bertz CT molecular complexity index is 233. The van der Waals surface area contributed by atoms with E-state index in [1.165, 1.54) is 25.3 Å². The van der Waals surface area contributed by atoms with Crippen LogP contribution in [0.15, 0.2) is 30.3 Å². The number of rotatable bonds is 4. The van der Waals surface area contributed by atoms with Crippen molar-refractivity contribution in [1.82, 2.24) is 4.48 Å². The smallest absolute Gasteiger partial charge is 0.132 e. The van der Waals surface area contributed by atoms with Crippen molar-refractivity contribution in [2.75, 3.05) is 19.6 Å². The molecule has 0 spiro atoms. The van der Waals surface area contributed by atoms with Gasteiger partial charge in [0.15, 0.2) is 0 Å². The summed E-state index contributed by atoms with van der Waals surface area (Å²) in [6, 6.07) is 10.8. The zero-order valence-corrected chi connectivity index (χ0v) is 9.33. The molecule has 2 heteroatoms. The molecule has 14 heavy (non-hydrogen) atoms. The molecule has 0 radical (unpaired) electrons. The van der Waals surface area contributed by atoms with E-state index in [0.29, 0.717) is 0 Å². The monoisotopic (exact) mass is 197 g/mol. The van der Waals surface area contributed by atoms with E-state index in [2.05, 4.69) is 51.1 Å². The summed E-state index contributed by atoms with van der Waals surface area (Å²) in [5, 5.41) is 0. The average molecular weight is 197 g/mol. The fourth-order valence-electron chi connectivity index (χ4n) is 1.96. The van der Waals surface area contributed by atoms with Crippen LogP contribution in [0, 0.1) is 0 Å². The number of hydrogen-bond donors (Lipinski definition) is 0. The van der Waals surface area contributed by atoms with Gasteiger partial charge < -0.3 is 4.70 Å². The molecule has 0 unspecified atom stereocenters.